The van der Waals surface area contributed by atoms with Crippen LogP contribution in [0.4, 0.5) is 0 Å². The Bertz CT molecular complexity index is 1150. The van der Waals surface area contributed by atoms with Gasteiger partial charge in [-0.2, -0.15) is 0 Å². The Morgan fingerprint density at radius 1 is 1.12 bits per heavy atom. The van der Waals surface area contributed by atoms with Gasteiger partial charge in [-0.15, -0.1) is 11.3 Å². The van der Waals surface area contributed by atoms with Gasteiger partial charge in [-0.1, -0.05) is 32.0 Å². The van der Waals surface area contributed by atoms with Crippen molar-refractivity contribution in [2.45, 2.75) is 52.6 Å². The third kappa shape index (κ3) is 5.45. The Hall–Kier alpha value is -2.71. The molecule has 0 radical (unpaired) electrons. The van der Waals surface area contributed by atoms with Gasteiger partial charge in [0.15, 0.2) is 0 Å². The first-order chi connectivity index (χ1) is 16.1. The summed E-state index contributed by atoms with van der Waals surface area (Å²) in [7, 11) is 0. The minimum Gasteiger partial charge on any atom is -0.490 e. The lowest BCUT2D eigenvalue weighted by Gasteiger charge is -2.20. The smallest absolute Gasteiger partial charge is 0.326 e. The summed E-state index contributed by atoms with van der Waals surface area (Å²) in [5.41, 5.74) is 1.01. The average molecular weight is 470 g/mol. The molecule has 1 aliphatic rings. The van der Waals surface area contributed by atoms with Crippen molar-refractivity contribution in [1.29, 1.82) is 0 Å². The van der Waals surface area contributed by atoms with Crippen molar-refractivity contribution in [3.05, 3.63) is 57.0 Å². The lowest BCUT2D eigenvalue weighted by Crippen LogP contribution is -2.33. The van der Waals surface area contributed by atoms with Crippen LogP contribution in [0, 0.1) is 0 Å². The number of ether oxygens (including phenoxy) is 2. The lowest BCUT2D eigenvalue weighted by molar-refractivity contribution is -0.145. The zero-order valence-electron chi connectivity index (χ0n) is 19.3. The van der Waals surface area contributed by atoms with Crippen LogP contribution in [0.25, 0.3) is 10.2 Å². The van der Waals surface area contributed by atoms with E-state index < -0.39 is 5.97 Å². The molecule has 2 aromatic heterocycles. The maximum atomic E-state index is 13.6. The second-order valence-corrected chi connectivity index (χ2v) is 9.24. The summed E-state index contributed by atoms with van der Waals surface area (Å²) in [6, 6.07) is 9.39. The molecule has 0 N–H and O–H groups in total. The van der Waals surface area contributed by atoms with Crippen molar-refractivity contribution >= 4 is 27.5 Å². The Kier molecular flexibility index (Phi) is 7.77. The molecule has 0 unspecified atom stereocenters. The summed E-state index contributed by atoms with van der Waals surface area (Å²) in [4.78, 5) is 35.3. The Morgan fingerprint density at radius 2 is 1.88 bits per heavy atom. The van der Waals surface area contributed by atoms with Crippen LogP contribution in [-0.2, 0) is 35.5 Å². The minimum absolute atomic E-state index is 0.122. The van der Waals surface area contributed by atoms with Crippen molar-refractivity contribution in [2.24, 2.45) is 0 Å². The molecule has 0 atom stereocenters. The van der Waals surface area contributed by atoms with E-state index in [-0.39, 0.29) is 25.3 Å². The molecule has 3 aromatic rings. The molecule has 0 saturated heterocycles. The maximum Gasteiger partial charge on any atom is 0.326 e. The number of benzene rings is 1. The highest BCUT2D eigenvalue weighted by Gasteiger charge is 2.23. The third-order valence-electron chi connectivity index (χ3n) is 6.06. The molecule has 0 bridgehead atoms. The van der Waals surface area contributed by atoms with Gasteiger partial charge < -0.3 is 9.47 Å². The van der Waals surface area contributed by atoms with Gasteiger partial charge in [0, 0.05) is 4.88 Å². The molecular formula is C25H31N3O4S. The number of hydrogen-bond donors (Lipinski definition) is 0. The SMILES string of the molecule is CCN(CC)Cc1nc2sc3c(c2c(=O)n1CC(=O)OCCOc1ccccc1)CCCC3. The predicted molar refractivity (Wildman–Crippen MR) is 130 cm³/mol. The molecular weight excluding hydrogens is 438 g/mol. The normalized spacial score (nSPS) is 13.3. The van der Waals surface area contributed by atoms with E-state index in [4.69, 9.17) is 14.5 Å². The standard InChI is InChI=1S/C25H31N3O4S/c1-3-27(4-2)16-21-26-24-23(19-12-8-9-13-20(19)33-24)25(30)28(21)17-22(29)32-15-14-31-18-10-6-5-7-11-18/h5-7,10-11H,3-4,8-9,12-17H2,1-2H3. The van der Waals surface area contributed by atoms with Crippen molar-refractivity contribution in [2.75, 3.05) is 26.3 Å². The third-order valence-corrected chi connectivity index (χ3v) is 7.24. The molecule has 1 aliphatic carbocycles. The first kappa shape index (κ1) is 23.4. The molecule has 0 saturated carbocycles. The van der Waals surface area contributed by atoms with Crippen LogP contribution in [0.3, 0.4) is 0 Å². The van der Waals surface area contributed by atoms with Crippen molar-refractivity contribution in [3.8, 4) is 5.75 Å². The number of hydrogen-bond acceptors (Lipinski definition) is 7. The molecule has 2 heterocycles. The Balaban J connectivity index is 1.54. The predicted octanol–water partition coefficient (Wildman–Crippen LogP) is 3.80. The van der Waals surface area contributed by atoms with Gasteiger partial charge in [-0.05, 0) is 56.5 Å². The van der Waals surface area contributed by atoms with E-state index in [9.17, 15) is 9.59 Å². The van der Waals surface area contributed by atoms with Gasteiger partial charge in [-0.3, -0.25) is 19.1 Å². The van der Waals surface area contributed by atoms with Gasteiger partial charge in [0.2, 0.25) is 0 Å². The van der Waals surface area contributed by atoms with Gasteiger partial charge in [0.1, 0.15) is 36.2 Å². The number of rotatable bonds is 10. The van der Waals surface area contributed by atoms with Crippen molar-refractivity contribution in [3.63, 3.8) is 0 Å². The highest BCUT2D eigenvalue weighted by Crippen LogP contribution is 2.33. The fraction of sp³-hybridized carbons (Fsp3) is 0.480. The van der Waals surface area contributed by atoms with Crippen LogP contribution in [0.15, 0.2) is 35.1 Å². The second kappa shape index (κ2) is 10.9. The number of aromatic nitrogens is 2. The molecule has 0 spiro atoms. The fourth-order valence-corrected chi connectivity index (χ4v) is 5.49. The number of para-hydroxylation sites is 1. The molecule has 1 aromatic carbocycles. The number of thiophene rings is 1. The second-order valence-electron chi connectivity index (χ2n) is 8.15. The Morgan fingerprint density at radius 3 is 2.64 bits per heavy atom. The minimum atomic E-state index is -0.459. The van der Waals surface area contributed by atoms with E-state index in [0.29, 0.717) is 17.8 Å². The molecule has 176 valence electrons. The monoisotopic (exact) mass is 469 g/mol. The number of aryl methyl sites for hydroxylation is 2. The molecule has 8 heteroatoms. The molecule has 0 amide bonds. The number of fused-ring (bicyclic) bond motifs is 3. The van der Waals surface area contributed by atoms with Crippen LogP contribution in [0.5, 0.6) is 5.75 Å². The topological polar surface area (TPSA) is 73.7 Å². The number of carbonyl (C=O) groups is 1. The Labute approximate surface area is 198 Å². The number of carbonyl (C=O) groups excluding carboxylic acids is 1. The summed E-state index contributed by atoms with van der Waals surface area (Å²) < 4.78 is 12.5. The van der Waals surface area contributed by atoms with Crippen molar-refractivity contribution < 1.29 is 14.3 Å². The average Bonchev–Trinajstić information content (AvgIpc) is 3.21. The fourth-order valence-electron chi connectivity index (χ4n) is 4.22. The van der Waals surface area contributed by atoms with E-state index in [2.05, 4.69) is 18.7 Å². The van der Waals surface area contributed by atoms with Gasteiger partial charge in [-0.25, -0.2) is 4.98 Å². The molecule has 7 nitrogen and oxygen atoms in total. The van der Waals surface area contributed by atoms with Crippen LogP contribution in [0.1, 0.15) is 43.0 Å². The summed E-state index contributed by atoms with van der Waals surface area (Å²) in [5, 5.41) is 0.693. The largest absolute Gasteiger partial charge is 0.490 e. The summed E-state index contributed by atoms with van der Waals surface area (Å²) in [6.07, 6.45) is 4.15. The summed E-state index contributed by atoms with van der Waals surface area (Å²) in [6.45, 7) is 6.59. The molecule has 0 aliphatic heterocycles. The highest BCUT2D eigenvalue weighted by atomic mass is 32.1. The van der Waals surface area contributed by atoms with Crippen LogP contribution < -0.4 is 10.3 Å². The summed E-state index contributed by atoms with van der Waals surface area (Å²) >= 11 is 1.64. The maximum absolute atomic E-state index is 13.6. The zero-order chi connectivity index (χ0) is 23.2. The van der Waals surface area contributed by atoms with Crippen molar-refractivity contribution in [1.82, 2.24) is 14.5 Å². The van der Waals surface area contributed by atoms with Crippen LogP contribution in [0.2, 0.25) is 0 Å². The quantitative estimate of drug-likeness (QED) is 0.332. The van der Waals surface area contributed by atoms with E-state index in [0.717, 1.165) is 54.9 Å². The van der Waals surface area contributed by atoms with Gasteiger partial charge in [0.05, 0.1) is 11.9 Å². The van der Waals surface area contributed by atoms with Crippen LogP contribution in [-0.4, -0.2) is 46.7 Å². The van der Waals surface area contributed by atoms with Gasteiger partial charge >= 0.3 is 5.97 Å². The number of esters is 1. The molecule has 4 rings (SSSR count). The summed E-state index contributed by atoms with van der Waals surface area (Å²) in [5.74, 6) is 0.884. The molecule has 33 heavy (non-hydrogen) atoms. The first-order valence-electron chi connectivity index (χ1n) is 11.7. The first-order valence-corrected chi connectivity index (χ1v) is 12.5. The number of nitrogens with zero attached hydrogens (tertiary/aromatic N) is 3. The van der Waals surface area contributed by atoms with Crippen LogP contribution >= 0.6 is 11.3 Å². The van der Waals surface area contributed by atoms with E-state index in [1.165, 1.54) is 9.44 Å². The zero-order valence-corrected chi connectivity index (χ0v) is 20.2. The van der Waals surface area contributed by atoms with Gasteiger partial charge in [0.25, 0.3) is 5.56 Å². The molecule has 0 fully saturated rings. The van der Waals surface area contributed by atoms with E-state index in [1.807, 2.05) is 30.3 Å². The van der Waals surface area contributed by atoms with E-state index >= 15 is 0 Å². The van der Waals surface area contributed by atoms with E-state index in [1.54, 1.807) is 11.3 Å². The lowest BCUT2D eigenvalue weighted by atomic mass is 9.97. The highest BCUT2D eigenvalue weighted by molar-refractivity contribution is 7.18.